The third kappa shape index (κ3) is 6.14. The molecule has 0 radical (unpaired) electrons. The Balaban J connectivity index is 1.65. The first-order valence-electron chi connectivity index (χ1n) is 11.5. The molecular formula is C28H34F2. The van der Waals surface area contributed by atoms with Crippen LogP contribution in [0.5, 0.6) is 0 Å². The SMILES string of the molecule is CCCCCCCCCCc1cccc(-c2ccccc2C2(F)C=C(F)C=CC2)c1. The van der Waals surface area contributed by atoms with Crippen LogP contribution in [0.15, 0.2) is 72.6 Å². The van der Waals surface area contributed by atoms with Gasteiger partial charge < -0.3 is 0 Å². The summed E-state index contributed by atoms with van der Waals surface area (Å²) < 4.78 is 29.4. The molecule has 1 atom stereocenters. The van der Waals surface area contributed by atoms with Crippen LogP contribution in [-0.4, -0.2) is 0 Å². The zero-order chi connectivity index (χ0) is 21.2. The smallest absolute Gasteiger partial charge is 0.161 e. The Kier molecular flexibility index (Phi) is 8.42. The van der Waals surface area contributed by atoms with Gasteiger partial charge in [-0.05, 0) is 41.7 Å². The van der Waals surface area contributed by atoms with Crippen molar-refractivity contribution in [2.75, 3.05) is 0 Å². The van der Waals surface area contributed by atoms with E-state index in [2.05, 4.69) is 19.1 Å². The van der Waals surface area contributed by atoms with Crippen LogP contribution in [0.2, 0.25) is 0 Å². The number of alkyl halides is 1. The van der Waals surface area contributed by atoms with Crippen molar-refractivity contribution in [1.82, 2.24) is 0 Å². The van der Waals surface area contributed by atoms with Crippen LogP contribution in [0.25, 0.3) is 11.1 Å². The minimum Gasteiger partial charge on any atom is -0.234 e. The van der Waals surface area contributed by atoms with Crippen LogP contribution in [0.4, 0.5) is 8.78 Å². The monoisotopic (exact) mass is 408 g/mol. The lowest BCUT2D eigenvalue weighted by molar-refractivity contribution is 0.231. The molecule has 0 fully saturated rings. The molecule has 2 aromatic rings. The molecule has 0 saturated heterocycles. The van der Waals surface area contributed by atoms with Crippen LogP contribution in [0.3, 0.4) is 0 Å². The summed E-state index contributed by atoms with van der Waals surface area (Å²) in [5, 5.41) is 0. The van der Waals surface area contributed by atoms with Crippen LogP contribution in [-0.2, 0) is 12.1 Å². The van der Waals surface area contributed by atoms with Crippen LogP contribution in [0, 0.1) is 0 Å². The highest BCUT2D eigenvalue weighted by Gasteiger charge is 2.33. The second kappa shape index (κ2) is 11.2. The number of aryl methyl sites for hydroxylation is 1. The second-order valence-electron chi connectivity index (χ2n) is 8.47. The van der Waals surface area contributed by atoms with Crippen molar-refractivity contribution in [3.05, 3.63) is 83.7 Å². The highest BCUT2D eigenvalue weighted by Crippen LogP contribution is 2.41. The summed E-state index contributed by atoms with van der Waals surface area (Å²) >= 11 is 0. The largest absolute Gasteiger partial charge is 0.234 e. The Morgan fingerprint density at radius 3 is 2.37 bits per heavy atom. The number of allylic oxidation sites excluding steroid dienone is 4. The minimum atomic E-state index is -1.80. The lowest BCUT2D eigenvalue weighted by Crippen LogP contribution is -2.19. The molecule has 0 heterocycles. The molecule has 0 amide bonds. The number of hydrogen-bond acceptors (Lipinski definition) is 0. The fraction of sp³-hybridized carbons (Fsp3) is 0.429. The molecule has 0 N–H and O–H groups in total. The Morgan fingerprint density at radius 1 is 0.867 bits per heavy atom. The Labute approximate surface area is 180 Å². The summed E-state index contributed by atoms with van der Waals surface area (Å²) in [6, 6.07) is 15.9. The van der Waals surface area contributed by atoms with E-state index in [1.807, 2.05) is 30.3 Å². The molecule has 30 heavy (non-hydrogen) atoms. The molecule has 0 aromatic heterocycles. The van der Waals surface area contributed by atoms with Crippen LogP contribution in [0.1, 0.15) is 75.8 Å². The van der Waals surface area contributed by atoms with Crippen molar-refractivity contribution in [3.8, 4) is 11.1 Å². The van der Waals surface area contributed by atoms with Crippen molar-refractivity contribution in [2.45, 2.75) is 76.8 Å². The fourth-order valence-corrected chi connectivity index (χ4v) is 4.31. The molecule has 2 heteroatoms. The first-order chi connectivity index (χ1) is 14.6. The van der Waals surface area contributed by atoms with Crippen molar-refractivity contribution < 1.29 is 8.78 Å². The quantitative estimate of drug-likeness (QED) is 0.325. The molecular weight excluding hydrogens is 374 g/mol. The summed E-state index contributed by atoms with van der Waals surface area (Å²) in [6.45, 7) is 2.25. The van der Waals surface area contributed by atoms with E-state index in [9.17, 15) is 4.39 Å². The number of benzene rings is 2. The molecule has 1 aliphatic carbocycles. The first kappa shape index (κ1) is 22.5. The molecule has 0 spiro atoms. The summed E-state index contributed by atoms with van der Waals surface area (Å²) in [5.74, 6) is -0.512. The number of halogens is 2. The maximum Gasteiger partial charge on any atom is 0.161 e. The predicted octanol–water partition coefficient (Wildman–Crippen LogP) is 9.01. The lowest BCUT2D eigenvalue weighted by Gasteiger charge is -2.26. The summed E-state index contributed by atoms with van der Waals surface area (Å²) in [7, 11) is 0. The van der Waals surface area contributed by atoms with Gasteiger partial charge in [-0.15, -0.1) is 0 Å². The number of rotatable bonds is 11. The van der Waals surface area contributed by atoms with Gasteiger partial charge in [0.15, 0.2) is 5.67 Å². The maximum absolute atomic E-state index is 15.6. The van der Waals surface area contributed by atoms with Crippen molar-refractivity contribution in [2.24, 2.45) is 0 Å². The van der Waals surface area contributed by atoms with Crippen molar-refractivity contribution in [3.63, 3.8) is 0 Å². The van der Waals surface area contributed by atoms with Gasteiger partial charge in [0.2, 0.25) is 0 Å². The van der Waals surface area contributed by atoms with Gasteiger partial charge in [0.1, 0.15) is 5.83 Å². The molecule has 160 valence electrons. The normalized spacial score (nSPS) is 18.4. The third-order valence-corrected chi connectivity index (χ3v) is 5.99. The third-order valence-electron chi connectivity index (χ3n) is 5.99. The van der Waals surface area contributed by atoms with Crippen molar-refractivity contribution >= 4 is 0 Å². The zero-order valence-corrected chi connectivity index (χ0v) is 18.2. The molecule has 0 saturated carbocycles. The summed E-state index contributed by atoms with van der Waals surface area (Å²) in [6.07, 6.45) is 15.7. The first-order valence-corrected chi connectivity index (χ1v) is 11.5. The topological polar surface area (TPSA) is 0 Å². The molecule has 2 aromatic carbocycles. The van der Waals surface area contributed by atoms with Crippen molar-refractivity contribution in [1.29, 1.82) is 0 Å². The highest BCUT2D eigenvalue weighted by atomic mass is 19.1. The second-order valence-corrected chi connectivity index (χ2v) is 8.47. The van der Waals surface area contributed by atoms with E-state index in [1.165, 1.54) is 63.0 Å². The Hall–Kier alpha value is -2.22. The Morgan fingerprint density at radius 2 is 1.60 bits per heavy atom. The van der Waals surface area contributed by atoms with Gasteiger partial charge in [-0.3, -0.25) is 0 Å². The predicted molar refractivity (Wildman–Crippen MR) is 124 cm³/mol. The van der Waals surface area contributed by atoms with Gasteiger partial charge in [0, 0.05) is 12.0 Å². The van der Waals surface area contributed by atoms with Gasteiger partial charge in [0.25, 0.3) is 0 Å². The minimum absolute atomic E-state index is 0.162. The molecule has 0 bridgehead atoms. The van der Waals surface area contributed by atoms with E-state index in [0.717, 1.165) is 23.6 Å². The van der Waals surface area contributed by atoms with Crippen LogP contribution >= 0.6 is 0 Å². The van der Waals surface area contributed by atoms with E-state index in [1.54, 1.807) is 12.1 Å². The average molecular weight is 409 g/mol. The number of unbranched alkanes of at least 4 members (excludes halogenated alkanes) is 7. The highest BCUT2D eigenvalue weighted by molar-refractivity contribution is 5.70. The summed E-state index contributed by atoms with van der Waals surface area (Å²) in [4.78, 5) is 0. The van der Waals surface area contributed by atoms with E-state index in [-0.39, 0.29) is 6.42 Å². The van der Waals surface area contributed by atoms with E-state index in [0.29, 0.717) is 5.56 Å². The number of hydrogen-bond donors (Lipinski definition) is 0. The van der Waals surface area contributed by atoms with E-state index >= 15 is 4.39 Å². The lowest BCUT2D eigenvalue weighted by atomic mass is 9.83. The van der Waals surface area contributed by atoms with Gasteiger partial charge in [-0.2, -0.15) is 0 Å². The van der Waals surface area contributed by atoms with E-state index < -0.39 is 11.5 Å². The maximum atomic E-state index is 15.6. The average Bonchev–Trinajstić information content (AvgIpc) is 2.76. The van der Waals surface area contributed by atoms with Crippen LogP contribution < -0.4 is 0 Å². The molecule has 3 rings (SSSR count). The van der Waals surface area contributed by atoms with Gasteiger partial charge in [-0.25, -0.2) is 8.78 Å². The summed E-state index contributed by atoms with van der Waals surface area (Å²) in [5.41, 5.74) is 1.86. The Bertz CT molecular complexity index is 864. The standard InChI is InChI=1S/C28H34F2/c1-2-3-4-5-6-7-8-9-14-23-15-12-16-24(21-23)26-18-10-11-19-27(26)28(30)20-13-17-25(29)22-28/h10-13,15-19,21-22H,2-9,14,20H2,1H3. The molecule has 1 unspecified atom stereocenters. The zero-order valence-electron chi connectivity index (χ0n) is 18.2. The van der Waals surface area contributed by atoms with Gasteiger partial charge >= 0.3 is 0 Å². The molecule has 0 nitrogen and oxygen atoms in total. The van der Waals surface area contributed by atoms with Gasteiger partial charge in [-0.1, -0.05) is 106 Å². The molecule has 1 aliphatic rings. The van der Waals surface area contributed by atoms with Gasteiger partial charge in [0.05, 0.1) is 0 Å². The van der Waals surface area contributed by atoms with E-state index in [4.69, 9.17) is 0 Å². The fourth-order valence-electron chi connectivity index (χ4n) is 4.31. The molecule has 0 aliphatic heterocycles.